The number of carbonyl (C=O) groups is 1. The van der Waals surface area contributed by atoms with E-state index in [-0.39, 0.29) is 17.2 Å². The fourth-order valence-electron chi connectivity index (χ4n) is 3.47. The van der Waals surface area contributed by atoms with Gasteiger partial charge in [0.1, 0.15) is 0 Å². The molecule has 1 fully saturated rings. The number of nitrogens with one attached hydrogen (secondary N) is 1. The van der Waals surface area contributed by atoms with Gasteiger partial charge in [0, 0.05) is 31.0 Å². The predicted octanol–water partition coefficient (Wildman–Crippen LogP) is 3.30. The van der Waals surface area contributed by atoms with E-state index in [2.05, 4.69) is 34.3 Å². The molecule has 7 heteroatoms. The van der Waals surface area contributed by atoms with Crippen LogP contribution in [0.2, 0.25) is 0 Å². The lowest BCUT2D eigenvalue weighted by Gasteiger charge is -2.35. The van der Waals surface area contributed by atoms with E-state index in [1.807, 2.05) is 30.7 Å². The first-order valence-corrected chi connectivity index (χ1v) is 10.1. The third-order valence-corrected chi connectivity index (χ3v) is 6.59. The Kier molecular flexibility index (Phi) is 5.96. The van der Waals surface area contributed by atoms with Gasteiger partial charge >= 0.3 is 0 Å². The van der Waals surface area contributed by atoms with Crippen LogP contribution in [0.1, 0.15) is 40.0 Å². The summed E-state index contributed by atoms with van der Waals surface area (Å²) in [5, 5.41) is 12.3. The Morgan fingerprint density at radius 2 is 2.00 bits per heavy atom. The van der Waals surface area contributed by atoms with Crippen molar-refractivity contribution in [3.63, 3.8) is 0 Å². The Morgan fingerprint density at radius 1 is 1.27 bits per heavy atom. The summed E-state index contributed by atoms with van der Waals surface area (Å²) in [6, 6.07) is 4.08. The van der Waals surface area contributed by atoms with Gasteiger partial charge in [-0.3, -0.25) is 9.78 Å². The van der Waals surface area contributed by atoms with Crippen LogP contribution in [0.5, 0.6) is 0 Å². The monoisotopic (exact) mass is 373 g/mol. The SMILES string of the molecule is C[C@H]1[C@@H](NC(=O)[C@@H](C)Sc2nnc(-c3ccncc3)n2C)CCC[C@@H]1C. The number of rotatable bonds is 5. The summed E-state index contributed by atoms with van der Waals surface area (Å²) in [4.78, 5) is 16.7. The first-order valence-electron chi connectivity index (χ1n) is 9.24. The molecule has 0 saturated heterocycles. The summed E-state index contributed by atoms with van der Waals surface area (Å²) in [5.41, 5.74) is 0.962. The van der Waals surface area contributed by atoms with Crippen LogP contribution in [0.3, 0.4) is 0 Å². The molecule has 1 amide bonds. The summed E-state index contributed by atoms with van der Waals surface area (Å²) in [6.45, 7) is 6.45. The molecule has 0 radical (unpaired) electrons. The van der Waals surface area contributed by atoms with Gasteiger partial charge in [-0.05, 0) is 37.3 Å². The zero-order valence-electron chi connectivity index (χ0n) is 15.8. The predicted molar refractivity (Wildman–Crippen MR) is 104 cm³/mol. The van der Waals surface area contributed by atoms with Crippen molar-refractivity contribution in [2.45, 2.75) is 56.5 Å². The van der Waals surface area contributed by atoms with Crippen LogP contribution in [0.4, 0.5) is 0 Å². The minimum absolute atomic E-state index is 0.0782. The van der Waals surface area contributed by atoms with Gasteiger partial charge < -0.3 is 9.88 Å². The molecule has 2 aromatic rings. The van der Waals surface area contributed by atoms with Gasteiger partial charge in [-0.2, -0.15) is 0 Å². The van der Waals surface area contributed by atoms with Crippen LogP contribution in [-0.4, -0.2) is 36.9 Å². The summed E-state index contributed by atoms with van der Waals surface area (Å²) < 4.78 is 1.93. The fraction of sp³-hybridized carbons (Fsp3) is 0.579. The molecule has 0 aliphatic heterocycles. The van der Waals surface area contributed by atoms with Crippen LogP contribution in [0, 0.1) is 11.8 Å². The Bertz CT molecular complexity index is 748. The van der Waals surface area contributed by atoms with Crippen molar-refractivity contribution in [3.05, 3.63) is 24.5 Å². The van der Waals surface area contributed by atoms with Crippen molar-refractivity contribution in [2.24, 2.45) is 18.9 Å². The first-order chi connectivity index (χ1) is 12.5. The molecule has 140 valence electrons. The maximum atomic E-state index is 12.7. The average molecular weight is 374 g/mol. The van der Waals surface area contributed by atoms with Crippen molar-refractivity contribution in [1.82, 2.24) is 25.1 Å². The number of hydrogen-bond acceptors (Lipinski definition) is 5. The molecule has 0 aromatic carbocycles. The summed E-state index contributed by atoms with van der Waals surface area (Å²) in [5.74, 6) is 2.04. The number of aromatic nitrogens is 4. The fourth-order valence-corrected chi connectivity index (χ4v) is 4.29. The lowest BCUT2D eigenvalue weighted by atomic mass is 9.78. The highest BCUT2D eigenvalue weighted by molar-refractivity contribution is 8.00. The Labute approximate surface area is 159 Å². The van der Waals surface area contributed by atoms with E-state index in [0.717, 1.165) is 23.0 Å². The smallest absolute Gasteiger partial charge is 0.233 e. The van der Waals surface area contributed by atoms with E-state index < -0.39 is 0 Å². The van der Waals surface area contributed by atoms with Crippen LogP contribution < -0.4 is 5.32 Å². The van der Waals surface area contributed by atoms with Crippen LogP contribution in [0.25, 0.3) is 11.4 Å². The minimum atomic E-state index is -0.215. The molecule has 1 saturated carbocycles. The highest BCUT2D eigenvalue weighted by Crippen LogP contribution is 2.30. The molecule has 3 rings (SSSR count). The van der Waals surface area contributed by atoms with E-state index in [1.54, 1.807) is 12.4 Å². The van der Waals surface area contributed by atoms with Crippen LogP contribution in [-0.2, 0) is 11.8 Å². The number of hydrogen-bond donors (Lipinski definition) is 1. The highest BCUT2D eigenvalue weighted by atomic mass is 32.2. The summed E-state index contributed by atoms with van der Waals surface area (Å²) in [7, 11) is 1.92. The molecule has 0 unspecified atom stereocenters. The van der Waals surface area contributed by atoms with E-state index in [4.69, 9.17) is 0 Å². The van der Waals surface area contributed by atoms with Crippen molar-refractivity contribution in [1.29, 1.82) is 0 Å². The number of carbonyl (C=O) groups excluding carboxylic acids is 1. The Morgan fingerprint density at radius 3 is 2.73 bits per heavy atom. The van der Waals surface area contributed by atoms with Crippen molar-refractivity contribution < 1.29 is 4.79 Å². The number of amides is 1. The Balaban J connectivity index is 1.64. The van der Waals surface area contributed by atoms with Gasteiger partial charge in [-0.15, -0.1) is 10.2 Å². The van der Waals surface area contributed by atoms with E-state index >= 15 is 0 Å². The summed E-state index contributed by atoms with van der Waals surface area (Å²) >= 11 is 1.45. The van der Waals surface area contributed by atoms with Crippen molar-refractivity contribution in [3.8, 4) is 11.4 Å². The maximum Gasteiger partial charge on any atom is 0.233 e. The zero-order chi connectivity index (χ0) is 18.7. The topological polar surface area (TPSA) is 72.7 Å². The zero-order valence-corrected chi connectivity index (χ0v) is 16.7. The molecule has 2 heterocycles. The van der Waals surface area contributed by atoms with Gasteiger partial charge in [0.05, 0.1) is 5.25 Å². The normalized spacial score (nSPS) is 24.2. The highest BCUT2D eigenvalue weighted by Gasteiger charge is 2.30. The Hall–Kier alpha value is -1.89. The first kappa shape index (κ1) is 18.9. The molecule has 1 aliphatic rings. The van der Waals surface area contributed by atoms with E-state index in [0.29, 0.717) is 11.8 Å². The molecular formula is C19H27N5OS. The molecule has 26 heavy (non-hydrogen) atoms. The number of pyridine rings is 1. The molecule has 4 atom stereocenters. The van der Waals surface area contributed by atoms with E-state index in [1.165, 1.54) is 24.6 Å². The second-order valence-corrected chi connectivity index (χ2v) is 8.55. The third kappa shape index (κ3) is 4.09. The lowest BCUT2D eigenvalue weighted by molar-refractivity contribution is -0.121. The molecule has 2 aromatic heterocycles. The van der Waals surface area contributed by atoms with Gasteiger partial charge in [0.15, 0.2) is 11.0 Å². The largest absolute Gasteiger partial charge is 0.352 e. The molecule has 0 spiro atoms. The standard InChI is InChI=1S/C19H27N5OS/c1-12-6-5-7-16(13(12)2)21-18(25)14(3)26-19-23-22-17(24(19)4)15-8-10-20-11-9-15/h8-14,16H,5-7H2,1-4H3,(H,21,25)/t12-,13+,14+,16-/m0/s1. The van der Waals surface area contributed by atoms with Gasteiger partial charge in [0.25, 0.3) is 0 Å². The van der Waals surface area contributed by atoms with Crippen LogP contribution in [0.15, 0.2) is 29.7 Å². The number of thioether (sulfide) groups is 1. The molecule has 1 aliphatic carbocycles. The molecule has 6 nitrogen and oxygen atoms in total. The summed E-state index contributed by atoms with van der Waals surface area (Å²) in [6.07, 6.45) is 6.99. The lowest BCUT2D eigenvalue weighted by Crippen LogP contribution is -2.46. The van der Waals surface area contributed by atoms with Crippen molar-refractivity contribution >= 4 is 17.7 Å². The van der Waals surface area contributed by atoms with Crippen LogP contribution >= 0.6 is 11.8 Å². The maximum absolute atomic E-state index is 12.7. The second-order valence-electron chi connectivity index (χ2n) is 7.24. The molecular weight excluding hydrogens is 346 g/mol. The molecule has 0 bridgehead atoms. The van der Waals surface area contributed by atoms with Crippen molar-refractivity contribution in [2.75, 3.05) is 0 Å². The van der Waals surface area contributed by atoms with Gasteiger partial charge in [-0.1, -0.05) is 38.5 Å². The molecule has 1 N–H and O–H groups in total. The quantitative estimate of drug-likeness (QED) is 0.814. The number of nitrogens with zero attached hydrogens (tertiary/aromatic N) is 4. The van der Waals surface area contributed by atoms with Gasteiger partial charge in [-0.25, -0.2) is 0 Å². The third-order valence-electron chi connectivity index (χ3n) is 5.46. The average Bonchev–Trinajstić information content (AvgIpc) is 3.00. The minimum Gasteiger partial charge on any atom is -0.352 e. The van der Waals surface area contributed by atoms with E-state index in [9.17, 15) is 4.79 Å². The van der Waals surface area contributed by atoms with Gasteiger partial charge in [0.2, 0.25) is 5.91 Å². The second kappa shape index (κ2) is 8.20.